The first-order valence-electron chi connectivity index (χ1n) is 3.81. The summed E-state index contributed by atoms with van der Waals surface area (Å²) in [6.45, 7) is 0. The van der Waals surface area contributed by atoms with Crippen molar-refractivity contribution in [2.45, 2.75) is 0 Å². The van der Waals surface area contributed by atoms with Gasteiger partial charge in [0.25, 0.3) is 0 Å². The lowest BCUT2D eigenvalue weighted by Gasteiger charge is -1.96. The molecule has 0 saturated carbocycles. The van der Waals surface area contributed by atoms with Crippen LogP contribution in [0.3, 0.4) is 0 Å². The first-order valence-corrected chi connectivity index (χ1v) is 5.14. The Morgan fingerprint density at radius 1 is 0.867 bits per heavy atom. The molecule has 0 unspecified atom stereocenters. The minimum atomic E-state index is -4.58. The molecule has 7 heteroatoms. The number of rotatable bonds is 0. The van der Waals surface area contributed by atoms with Crippen molar-refractivity contribution in [3.63, 3.8) is 0 Å². The lowest BCUT2D eigenvalue weighted by atomic mass is 10.1. The third kappa shape index (κ3) is 1.68. The summed E-state index contributed by atoms with van der Waals surface area (Å²) in [5, 5.41) is 0. The molecule has 0 N–H and O–H groups in total. The van der Waals surface area contributed by atoms with Gasteiger partial charge >= 0.3 is 22.3 Å². The molecule has 0 atom stereocenters. The lowest BCUT2D eigenvalue weighted by molar-refractivity contribution is 0.0683. The van der Waals surface area contributed by atoms with E-state index in [2.05, 4.69) is 8.37 Å². The predicted molar refractivity (Wildman–Crippen MR) is 46.2 cm³/mol. The van der Waals surface area contributed by atoms with Gasteiger partial charge in [0.1, 0.15) is 0 Å². The summed E-state index contributed by atoms with van der Waals surface area (Å²) in [6, 6.07) is 5.51. The quantitative estimate of drug-likeness (QED) is 0.633. The molecule has 1 aliphatic heterocycles. The van der Waals surface area contributed by atoms with Crippen LogP contribution in [0.15, 0.2) is 24.3 Å². The number of carbonyl (C=O) groups excluding carboxylic acids is 2. The molecule has 1 aliphatic rings. The highest BCUT2D eigenvalue weighted by Gasteiger charge is 2.32. The summed E-state index contributed by atoms with van der Waals surface area (Å²) < 4.78 is 29.7. The van der Waals surface area contributed by atoms with Crippen LogP contribution in [0.5, 0.6) is 0 Å². The van der Waals surface area contributed by atoms with E-state index < -0.39 is 22.3 Å². The van der Waals surface area contributed by atoms with E-state index in [1.807, 2.05) is 0 Å². The van der Waals surface area contributed by atoms with Gasteiger partial charge in [0.05, 0.1) is 11.1 Å². The van der Waals surface area contributed by atoms with Crippen LogP contribution >= 0.6 is 0 Å². The number of carbonyl (C=O) groups is 2. The van der Waals surface area contributed by atoms with Crippen LogP contribution < -0.4 is 0 Å². The number of hydrogen-bond acceptors (Lipinski definition) is 6. The third-order valence-electron chi connectivity index (χ3n) is 1.72. The number of hydrogen-bond donors (Lipinski definition) is 0. The van der Waals surface area contributed by atoms with Gasteiger partial charge in [-0.15, -0.1) is 8.42 Å². The van der Waals surface area contributed by atoms with Crippen molar-refractivity contribution in [2.75, 3.05) is 0 Å². The topological polar surface area (TPSA) is 86.7 Å². The largest absolute Gasteiger partial charge is 0.506 e. The molecule has 1 aromatic carbocycles. The summed E-state index contributed by atoms with van der Waals surface area (Å²) in [5.74, 6) is -2.26. The minimum Gasteiger partial charge on any atom is -0.311 e. The summed E-state index contributed by atoms with van der Waals surface area (Å²) in [6.07, 6.45) is 0. The van der Waals surface area contributed by atoms with E-state index in [0.29, 0.717) is 0 Å². The van der Waals surface area contributed by atoms with Crippen molar-refractivity contribution in [2.24, 2.45) is 0 Å². The first kappa shape index (κ1) is 9.66. The minimum absolute atomic E-state index is 0.136. The Labute approximate surface area is 84.7 Å². The van der Waals surface area contributed by atoms with Gasteiger partial charge < -0.3 is 8.37 Å². The average Bonchev–Trinajstić information content (AvgIpc) is 2.23. The molecular formula is C8H4O6S. The first-order chi connectivity index (χ1) is 6.99. The molecular weight excluding hydrogens is 224 g/mol. The van der Waals surface area contributed by atoms with E-state index in [1.54, 1.807) is 0 Å². The molecule has 1 aromatic rings. The van der Waals surface area contributed by atoms with Crippen molar-refractivity contribution in [1.82, 2.24) is 0 Å². The zero-order valence-electron chi connectivity index (χ0n) is 7.17. The number of benzene rings is 1. The van der Waals surface area contributed by atoms with Crippen molar-refractivity contribution >= 4 is 22.3 Å². The van der Waals surface area contributed by atoms with Crippen LogP contribution in [0.2, 0.25) is 0 Å². The SMILES string of the molecule is O=C1OS(=O)(=O)OC(=O)c2ccccc21. The second-order valence-electron chi connectivity index (χ2n) is 2.70. The Hall–Kier alpha value is -1.89. The molecule has 15 heavy (non-hydrogen) atoms. The van der Waals surface area contributed by atoms with E-state index >= 15 is 0 Å². The molecule has 0 radical (unpaired) electrons. The molecule has 2 rings (SSSR count). The van der Waals surface area contributed by atoms with Crippen molar-refractivity contribution in [3.8, 4) is 0 Å². The monoisotopic (exact) mass is 228 g/mol. The zero-order chi connectivity index (χ0) is 11.1. The van der Waals surface area contributed by atoms with Crippen LogP contribution in [0.25, 0.3) is 0 Å². The average molecular weight is 228 g/mol. The third-order valence-corrected chi connectivity index (χ3v) is 2.43. The highest BCUT2D eigenvalue weighted by Crippen LogP contribution is 2.18. The molecule has 0 spiro atoms. The number of fused-ring (bicyclic) bond motifs is 1. The molecule has 1 heterocycles. The zero-order valence-corrected chi connectivity index (χ0v) is 7.98. The Kier molecular flexibility index (Phi) is 1.97. The summed E-state index contributed by atoms with van der Waals surface area (Å²) >= 11 is 0. The van der Waals surface area contributed by atoms with Crippen LogP contribution in [0.4, 0.5) is 0 Å². The molecule has 0 fully saturated rings. The molecule has 78 valence electrons. The fraction of sp³-hybridized carbons (Fsp3) is 0. The Bertz CT molecular complexity index is 501. The van der Waals surface area contributed by atoms with Crippen molar-refractivity contribution < 1.29 is 26.4 Å². The van der Waals surface area contributed by atoms with E-state index in [4.69, 9.17) is 0 Å². The maximum atomic E-state index is 11.2. The van der Waals surface area contributed by atoms with Gasteiger partial charge in [0, 0.05) is 0 Å². The molecule has 0 aliphatic carbocycles. The molecule has 0 bridgehead atoms. The van der Waals surface area contributed by atoms with E-state index in [0.717, 1.165) is 0 Å². The maximum Gasteiger partial charge on any atom is 0.506 e. The van der Waals surface area contributed by atoms with E-state index in [1.165, 1.54) is 24.3 Å². The van der Waals surface area contributed by atoms with Crippen molar-refractivity contribution in [3.05, 3.63) is 35.4 Å². The van der Waals surface area contributed by atoms with Crippen LogP contribution in [0.1, 0.15) is 20.7 Å². The van der Waals surface area contributed by atoms with Crippen LogP contribution in [-0.2, 0) is 18.8 Å². The van der Waals surface area contributed by atoms with E-state index in [9.17, 15) is 18.0 Å². The van der Waals surface area contributed by atoms with E-state index in [-0.39, 0.29) is 11.1 Å². The Morgan fingerprint density at radius 3 is 1.67 bits per heavy atom. The summed E-state index contributed by atoms with van der Waals surface area (Å²) in [5.41, 5.74) is -0.271. The fourth-order valence-corrected chi connectivity index (χ4v) is 1.72. The molecule has 0 saturated heterocycles. The summed E-state index contributed by atoms with van der Waals surface area (Å²) in [4.78, 5) is 22.5. The van der Waals surface area contributed by atoms with Gasteiger partial charge in [-0.25, -0.2) is 9.59 Å². The molecule has 0 aromatic heterocycles. The van der Waals surface area contributed by atoms with Crippen LogP contribution in [0, 0.1) is 0 Å². The Balaban J connectivity index is 2.65. The van der Waals surface area contributed by atoms with Gasteiger partial charge in [-0.3, -0.25) is 0 Å². The van der Waals surface area contributed by atoms with Gasteiger partial charge in [0.2, 0.25) is 0 Å². The van der Waals surface area contributed by atoms with Gasteiger partial charge in [0.15, 0.2) is 0 Å². The second kappa shape index (κ2) is 3.06. The van der Waals surface area contributed by atoms with Gasteiger partial charge in [-0.2, -0.15) is 0 Å². The highest BCUT2D eigenvalue weighted by molar-refractivity contribution is 7.82. The highest BCUT2D eigenvalue weighted by atomic mass is 32.3. The van der Waals surface area contributed by atoms with Gasteiger partial charge in [-0.1, -0.05) is 12.1 Å². The second-order valence-corrected chi connectivity index (χ2v) is 3.85. The smallest absolute Gasteiger partial charge is 0.311 e. The lowest BCUT2D eigenvalue weighted by Crippen LogP contribution is -2.13. The predicted octanol–water partition coefficient (Wildman–Crippen LogP) is 0.259. The summed E-state index contributed by atoms with van der Waals surface area (Å²) in [7, 11) is -4.58. The van der Waals surface area contributed by atoms with Crippen molar-refractivity contribution in [1.29, 1.82) is 0 Å². The normalized spacial score (nSPS) is 18.4. The molecule has 0 amide bonds. The Morgan fingerprint density at radius 2 is 1.27 bits per heavy atom. The standard InChI is InChI=1S/C8H4O6S/c9-7-5-3-1-2-4-6(5)8(10)14-15(11,12)13-7/h1-4H. The molecule has 6 nitrogen and oxygen atoms in total. The maximum absolute atomic E-state index is 11.2. The van der Waals surface area contributed by atoms with Crippen LogP contribution in [-0.4, -0.2) is 20.4 Å². The van der Waals surface area contributed by atoms with Gasteiger partial charge in [-0.05, 0) is 12.1 Å². The fourth-order valence-electron chi connectivity index (χ4n) is 1.13.